The molecule has 4 rings (SSSR count). The summed E-state index contributed by atoms with van der Waals surface area (Å²) < 4.78 is 16.9. The number of nitrogens with zero attached hydrogens (tertiary/aromatic N) is 1. The van der Waals surface area contributed by atoms with Crippen molar-refractivity contribution < 1.29 is 23.5 Å². The maximum Gasteiger partial charge on any atom is 0.266 e. The van der Waals surface area contributed by atoms with Gasteiger partial charge in [-0.05, 0) is 54.5 Å². The number of thioether (sulfide) groups is 1. The Morgan fingerprint density at radius 3 is 2.74 bits per heavy atom. The molecule has 174 valence electrons. The molecule has 0 spiro atoms. The molecular weight excluding hydrogens is 472 g/mol. The number of hydrogen-bond donors (Lipinski definition) is 1. The van der Waals surface area contributed by atoms with Crippen LogP contribution < -0.4 is 14.8 Å². The lowest BCUT2D eigenvalue weighted by atomic mass is 10.2. The standard InChI is InChI=1S/C25H22N2O5S2/c1-16-6-3-4-8-19(16)26-23(28)15-32-20-10-9-17(12-21(20)30-2)13-22-24(29)27(25(33)34-22)14-18-7-5-11-31-18/h3-13H,14-15H2,1-2H3,(H,26,28)/b22-13-. The van der Waals surface area contributed by atoms with Gasteiger partial charge in [-0.1, -0.05) is 48.2 Å². The predicted molar refractivity (Wildman–Crippen MR) is 136 cm³/mol. The van der Waals surface area contributed by atoms with E-state index in [1.807, 2.05) is 31.2 Å². The van der Waals surface area contributed by atoms with Crippen LogP contribution in [0.5, 0.6) is 11.5 Å². The summed E-state index contributed by atoms with van der Waals surface area (Å²) in [7, 11) is 1.52. The van der Waals surface area contributed by atoms with Crippen LogP contribution in [0.3, 0.4) is 0 Å². The lowest BCUT2D eigenvalue weighted by molar-refractivity contribution is -0.122. The first-order valence-corrected chi connectivity index (χ1v) is 11.6. The molecule has 1 fully saturated rings. The normalized spacial score (nSPS) is 14.5. The second kappa shape index (κ2) is 10.6. The van der Waals surface area contributed by atoms with Crippen LogP contribution in [0.4, 0.5) is 5.69 Å². The topological polar surface area (TPSA) is 81.0 Å². The molecule has 2 heterocycles. The predicted octanol–water partition coefficient (Wildman–Crippen LogP) is 5.02. The number of benzene rings is 2. The number of methoxy groups -OCH3 is 1. The highest BCUT2D eigenvalue weighted by Gasteiger charge is 2.32. The molecular formula is C25H22N2O5S2. The van der Waals surface area contributed by atoms with Gasteiger partial charge in [-0.3, -0.25) is 14.5 Å². The zero-order valence-electron chi connectivity index (χ0n) is 18.6. The Morgan fingerprint density at radius 2 is 2.00 bits per heavy atom. The molecule has 7 nitrogen and oxygen atoms in total. The number of amides is 2. The van der Waals surface area contributed by atoms with Crippen molar-refractivity contribution in [3.8, 4) is 11.5 Å². The van der Waals surface area contributed by atoms with Gasteiger partial charge in [0.2, 0.25) is 0 Å². The van der Waals surface area contributed by atoms with Crippen molar-refractivity contribution in [1.82, 2.24) is 4.90 Å². The fourth-order valence-electron chi connectivity index (χ4n) is 3.28. The third kappa shape index (κ3) is 5.49. The van der Waals surface area contributed by atoms with Crippen LogP contribution >= 0.6 is 24.0 Å². The number of carbonyl (C=O) groups excluding carboxylic acids is 2. The molecule has 0 unspecified atom stereocenters. The summed E-state index contributed by atoms with van der Waals surface area (Å²) in [5.41, 5.74) is 2.45. The maximum absolute atomic E-state index is 12.8. The van der Waals surface area contributed by atoms with E-state index in [1.165, 1.54) is 23.8 Å². The van der Waals surface area contributed by atoms with Gasteiger partial charge in [0.25, 0.3) is 11.8 Å². The Labute approximate surface area is 206 Å². The number of furan rings is 1. The summed E-state index contributed by atoms with van der Waals surface area (Å²) in [4.78, 5) is 27.1. The first-order valence-electron chi connectivity index (χ1n) is 10.4. The van der Waals surface area contributed by atoms with Crippen molar-refractivity contribution in [2.75, 3.05) is 19.0 Å². The molecule has 0 saturated carbocycles. The molecule has 34 heavy (non-hydrogen) atoms. The fourth-order valence-corrected chi connectivity index (χ4v) is 4.54. The monoisotopic (exact) mass is 494 g/mol. The van der Waals surface area contributed by atoms with Gasteiger partial charge < -0.3 is 19.2 Å². The van der Waals surface area contributed by atoms with E-state index in [0.29, 0.717) is 26.5 Å². The molecule has 0 radical (unpaired) electrons. The number of thiocarbonyl (C=S) groups is 1. The van der Waals surface area contributed by atoms with E-state index in [9.17, 15) is 9.59 Å². The second-order valence-electron chi connectivity index (χ2n) is 7.41. The van der Waals surface area contributed by atoms with Gasteiger partial charge in [-0.25, -0.2) is 0 Å². The molecule has 0 atom stereocenters. The minimum absolute atomic E-state index is 0.171. The Kier molecular flexibility index (Phi) is 7.34. The molecule has 0 bridgehead atoms. The average molecular weight is 495 g/mol. The minimum Gasteiger partial charge on any atom is -0.493 e. The van der Waals surface area contributed by atoms with E-state index >= 15 is 0 Å². The zero-order chi connectivity index (χ0) is 24.1. The summed E-state index contributed by atoms with van der Waals surface area (Å²) in [6.07, 6.45) is 3.31. The summed E-state index contributed by atoms with van der Waals surface area (Å²) in [5.74, 6) is 1.07. The highest BCUT2D eigenvalue weighted by molar-refractivity contribution is 8.26. The number of anilines is 1. The third-order valence-electron chi connectivity index (χ3n) is 5.03. The van der Waals surface area contributed by atoms with Crippen molar-refractivity contribution in [3.05, 3.63) is 82.7 Å². The molecule has 1 N–H and O–H groups in total. The van der Waals surface area contributed by atoms with Gasteiger partial charge in [-0.2, -0.15) is 0 Å². The Morgan fingerprint density at radius 1 is 1.18 bits per heavy atom. The number of aryl methyl sites for hydroxylation is 1. The van der Waals surface area contributed by atoms with Crippen molar-refractivity contribution in [1.29, 1.82) is 0 Å². The summed E-state index contributed by atoms with van der Waals surface area (Å²) in [6.45, 7) is 2.04. The smallest absolute Gasteiger partial charge is 0.266 e. The lowest BCUT2D eigenvalue weighted by Crippen LogP contribution is -2.27. The van der Waals surface area contributed by atoms with Crippen LogP contribution in [0.2, 0.25) is 0 Å². The Bertz CT molecular complexity index is 1250. The first-order chi connectivity index (χ1) is 16.4. The van der Waals surface area contributed by atoms with Crippen LogP contribution in [0.15, 0.2) is 70.2 Å². The summed E-state index contributed by atoms with van der Waals surface area (Å²) in [5, 5.41) is 2.83. The van der Waals surface area contributed by atoms with Gasteiger partial charge in [0.15, 0.2) is 18.1 Å². The molecule has 1 aliphatic heterocycles. The average Bonchev–Trinajstić information content (AvgIpc) is 3.44. The molecule has 1 aliphatic rings. The summed E-state index contributed by atoms with van der Waals surface area (Å²) in [6, 6.07) is 16.3. The number of para-hydroxylation sites is 1. The van der Waals surface area contributed by atoms with Crippen LogP contribution in [-0.4, -0.2) is 34.8 Å². The van der Waals surface area contributed by atoms with Crippen LogP contribution in [0.25, 0.3) is 6.08 Å². The molecule has 0 aliphatic carbocycles. The molecule has 2 amide bonds. The van der Waals surface area contributed by atoms with Gasteiger partial charge in [0, 0.05) is 5.69 Å². The largest absolute Gasteiger partial charge is 0.493 e. The highest BCUT2D eigenvalue weighted by atomic mass is 32.2. The van der Waals surface area contributed by atoms with Crippen LogP contribution in [-0.2, 0) is 16.1 Å². The number of hydrogen-bond acceptors (Lipinski definition) is 7. The Balaban J connectivity index is 1.42. The van der Waals surface area contributed by atoms with E-state index in [4.69, 9.17) is 26.1 Å². The lowest BCUT2D eigenvalue weighted by Gasteiger charge is -2.13. The van der Waals surface area contributed by atoms with Crippen molar-refractivity contribution in [3.63, 3.8) is 0 Å². The van der Waals surface area contributed by atoms with Crippen LogP contribution in [0, 0.1) is 6.92 Å². The molecule has 1 aromatic heterocycles. The van der Waals surface area contributed by atoms with E-state index in [-0.39, 0.29) is 25.0 Å². The number of rotatable bonds is 8. The summed E-state index contributed by atoms with van der Waals surface area (Å²) >= 11 is 6.60. The van der Waals surface area contributed by atoms with E-state index in [1.54, 1.807) is 42.7 Å². The number of nitrogens with one attached hydrogen (secondary N) is 1. The van der Waals surface area contributed by atoms with E-state index in [0.717, 1.165) is 16.8 Å². The third-order valence-corrected chi connectivity index (χ3v) is 6.41. The van der Waals surface area contributed by atoms with Gasteiger partial charge in [0.1, 0.15) is 10.1 Å². The molecule has 1 saturated heterocycles. The Hall–Kier alpha value is -3.56. The van der Waals surface area contributed by atoms with Gasteiger partial charge >= 0.3 is 0 Å². The number of carbonyl (C=O) groups is 2. The molecule has 9 heteroatoms. The zero-order valence-corrected chi connectivity index (χ0v) is 20.2. The quantitative estimate of drug-likeness (QED) is 0.348. The van der Waals surface area contributed by atoms with Gasteiger partial charge in [0.05, 0.1) is 24.8 Å². The minimum atomic E-state index is -0.277. The molecule has 2 aromatic carbocycles. The van der Waals surface area contributed by atoms with Crippen LogP contribution in [0.1, 0.15) is 16.9 Å². The first kappa shape index (κ1) is 23.6. The van der Waals surface area contributed by atoms with Gasteiger partial charge in [-0.15, -0.1) is 0 Å². The fraction of sp³-hybridized carbons (Fsp3) is 0.160. The van der Waals surface area contributed by atoms with Crippen molar-refractivity contribution in [2.24, 2.45) is 0 Å². The van der Waals surface area contributed by atoms with E-state index in [2.05, 4.69) is 5.32 Å². The van der Waals surface area contributed by atoms with E-state index < -0.39 is 0 Å². The maximum atomic E-state index is 12.8. The van der Waals surface area contributed by atoms with Crippen molar-refractivity contribution >= 4 is 51.9 Å². The highest BCUT2D eigenvalue weighted by Crippen LogP contribution is 2.35. The molecule has 3 aromatic rings. The number of ether oxygens (including phenoxy) is 2. The SMILES string of the molecule is COc1cc(/C=C2\SC(=S)N(Cc3ccco3)C2=O)ccc1OCC(=O)Nc1ccccc1C. The van der Waals surface area contributed by atoms with Crippen molar-refractivity contribution in [2.45, 2.75) is 13.5 Å². The second-order valence-corrected chi connectivity index (χ2v) is 9.09.